The van der Waals surface area contributed by atoms with Crippen LogP contribution in [-0.4, -0.2) is 47.6 Å². The minimum Gasteiger partial charge on any atom is -0.326 e. The number of imide groups is 2. The first-order chi connectivity index (χ1) is 13.0. The van der Waals surface area contributed by atoms with Crippen LogP contribution in [0.15, 0.2) is 29.3 Å². The van der Waals surface area contributed by atoms with Crippen LogP contribution in [0.3, 0.4) is 0 Å². The molecule has 0 radical (unpaired) electrons. The monoisotopic (exact) mass is 374 g/mol. The summed E-state index contributed by atoms with van der Waals surface area (Å²) in [7, 11) is 0. The average molecular weight is 374 g/mol. The highest BCUT2D eigenvalue weighted by Crippen LogP contribution is 2.20. The van der Waals surface area contributed by atoms with Crippen molar-refractivity contribution >= 4 is 24.1 Å². The molecule has 7 nitrogen and oxygen atoms in total. The Balaban J connectivity index is 1.66. The fourth-order valence-corrected chi connectivity index (χ4v) is 3.39. The number of hydrogen-bond donors (Lipinski definition) is 2. The zero-order valence-electron chi connectivity index (χ0n) is 14.9. The van der Waals surface area contributed by atoms with E-state index in [9.17, 15) is 18.8 Å². The molecule has 3 atom stereocenters. The zero-order chi connectivity index (χ0) is 19.4. The second-order valence-electron chi connectivity index (χ2n) is 6.95. The number of nitrogens with one attached hydrogen (secondary N) is 1. The van der Waals surface area contributed by atoms with Gasteiger partial charge in [-0.2, -0.15) is 0 Å². The molecule has 1 aromatic carbocycles. The van der Waals surface area contributed by atoms with Gasteiger partial charge in [0.15, 0.2) is 5.92 Å². The van der Waals surface area contributed by atoms with E-state index in [0.29, 0.717) is 6.42 Å². The van der Waals surface area contributed by atoms with Gasteiger partial charge in [0.05, 0.1) is 6.04 Å². The molecule has 0 unspecified atom stereocenters. The molecule has 144 valence electrons. The second-order valence-corrected chi connectivity index (χ2v) is 6.95. The number of halogens is 1. The van der Waals surface area contributed by atoms with E-state index in [-0.39, 0.29) is 24.4 Å². The normalized spacial score (nSPS) is 26.5. The van der Waals surface area contributed by atoms with E-state index in [2.05, 4.69) is 10.3 Å². The number of nitrogens with zero attached hydrogens (tertiary/aromatic N) is 2. The fourth-order valence-electron chi connectivity index (χ4n) is 3.39. The quantitative estimate of drug-likeness (QED) is 0.600. The Bertz CT molecular complexity index is 750. The predicted octanol–water partition coefficient (Wildman–Crippen LogP) is 1.40. The minimum absolute atomic E-state index is 0.0760. The summed E-state index contributed by atoms with van der Waals surface area (Å²) in [6.07, 6.45) is 5.46. The van der Waals surface area contributed by atoms with E-state index in [1.165, 1.54) is 18.3 Å². The van der Waals surface area contributed by atoms with Gasteiger partial charge in [0.25, 0.3) is 0 Å². The van der Waals surface area contributed by atoms with Gasteiger partial charge in [0, 0.05) is 18.8 Å². The molecule has 0 bridgehead atoms. The molecule has 3 rings (SSSR count). The number of hydrogen-bond acceptors (Lipinski definition) is 5. The zero-order valence-corrected chi connectivity index (χ0v) is 14.9. The fraction of sp³-hybridized carbons (Fsp3) is 0.474. The maximum absolute atomic E-state index is 13.0. The van der Waals surface area contributed by atoms with Crippen molar-refractivity contribution in [3.8, 4) is 0 Å². The highest BCUT2D eigenvalue weighted by Gasteiger charge is 2.39. The van der Waals surface area contributed by atoms with Crippen LogP contribution in [0.25, 0.3) is 0 Å². The number of urea groups is 1. The summed E-state index contributed by atoms with van der Waals surface area (Å²) < 4.78 is 13.0. The van der Waals surface area contributed by atoms with E-state index < -0.39 is 23.8 Å². The van der Waals surface area contributed by atoms with Crippen LogP contribution in [-0.2, 0) is 16.0 Å². The van der Waals surface area contributed by atoms with Gasteiger partial charge in [-0.05, 0) is 37.0 Å². The van der Waals surface area contributed by atoms with E-state index in [4.69, 9.17) is 5.73 Å². The molecule has 1 saturated heterocycles. The molecule has 4 amide bonds. The van der Waals surface area contributed by atoms with Crippen molar-refractivity contribution in [2.24, 2.45) is 16.6 Å². The molecule has 1 aliphatic carbocycles. The van der Waals surface area contributed by atoms with Crippen molar-refractivity contribution in [1.29, 1.82) is 0 Å². The Kier molecular flexibility index (Phi) is 5.95. The summed E-state index contributed by atoms with van der Waals surface area (Å²) in [6, 6.07) is 4.90. The number of nitrogens with two attached hydrogens (primary N) is 1. The smallest absolute Gasteiger partial charge is 0.326 e. The SMILES string of the molecule is N[C@H]1CCCC[C@@H]1N=C[C@@H]1C(=O)NC(=O)N(CCc2ccc(F)cc2)C1=O. The van der Waals surface area contributed by atoms with Crippen LogP contribution in [0.1, 0.15) is 31.2 Å². The molecule has 1 aliphatic heterocycles. The summed E-state index contributed by atoms with van der Waals surface area (Å²) >= 11 is 0. The predicted molar refractivity (Wildman–Crippen MR) is 97.6 cm³/mol. The molecule has 0 spiro atoms. The van der Waals surface area contributed by atoms with Crippen LogP contribution in [0.4, 0.5) is 9.18 Å². The van der Waals surface area contributed by atoms with E-state index in [1.54, 1.807) is 12.1 Å². The molecule has 2 aliphatic rings. The lowest BCUT2D eigenvalue weighted by molar-refractivity contribution is -0.139. The number of benzene rings is 1. The Morgan fingerprint density at radius 3 is 2.59 bits per heavy atom. The largest absolute Gasteiger partial charge is 0.330 e. The first-order valence-corrected chi connectivity index (χ1v) is 9.15. The average Bonchev–Trinajstić information content (AvgIpc) is 2.64. The summed E-state index contributed by atoms with van der Waals surface area (Å²) in [5, 5.41) is 2.20. The van der Waals surface area contributed by atoms with Gasteiger partial charge in [-0.25, -0.2) is 9.18 Å². The van der Waals surface area contributed by atoms with Gasteiger partial charge in [-0.15, -0.1) is 0 Å². The number of barbiturate groups is 1. The van der Waals surface area contributed by atoms with Gasteiger partial charge in [-0.1, -0.05) is 25.0 Å². The number of aliphatic imine (C=N–C) groups is 1. The van der Waals surface area contributed by atoms with E-state index in [1.807, 2.05) is 0 Å². The van der Waals surface area contributed by atoms with Crippen molar-refractivity contribution in [1.82, 2.24) is 10.2 Å². The van der Waals surface area contributed by atoms with Gasteiger partial charge in [0.1, 0.15) is 5.82 Å². The number of carbonyl (C=O) groups excluding carboxylic acids is 3. The first-order valence-electron chi connectivity index (χ1n) is 9.15. The Morgan fingerprint density at radius 2 is 1.89 bits per heavy atom. The summed E-state index contributed by atoms with van der Waals surface area (Å²) in [5.41, 5.74) is 6.83. The number of carbonyl (C=O) groups is 3. The lowest BCUT2D eigenvalue weighted by atomic mass is 9.91. The van der Waals surface area contributed by atoms with Gasteiger partial charge >= 0.3 is 6.03 Å². The van der Waals surface area contributed by atoms with Crippen LogP contribution in [0.5, 0.6) is 0 Å². The lowest BCUT2D eigenvalue weighted by Crippen LogP contribution is -2.58. The Hall–Kier alpha value is -2.61. The Labute approximate surface area is 156 Å². The van der Waals surface area contributed by atoms with Gasteiger partial charge < -0.3 is 5.73 Å². The third-order valence-corrected chi connectivity index (χ3v) is 5.04. The molecule has 27 heavy (non-hydrogen) atoms. The van der Waals surface area contributed by atoms with Crippen molar-refractivity contribution in [2.45, 2.75) is 44.2 Å². The standard InChI is InChI=1S/C19H23FN4O3/c20-13-7-5-12(6-8-13)9-10-24-18(26)14(17(25)23-19(24)27)11-22-16-4-2-1-3-15(16)21/h5-8,11,14-16H,1-4,9-10,21H2,(H,23,25,27)/t14-,15+,16+/m1/s1. The molecule has 1 heterocycles. The van der Waals surface area contributed by atoms with Gasteiger partial charge in [0.2, 0.25) is 11.8 Å². The molecule has 0 aromatic heterocycles. The van der Waals surface area contributed by atoms with Crippen molar-refractivity contribution in [2.75, 3.05) is 6.54 Å². The molecule has 1 aromatic rings. The minimum atomic E-state index is -1.13. The van der Waals surface area contributed by atoms with E-state index in [0.717, 1.165) is 36.1 Å². The number of amides is 4. The number of rotatable bonds is 5. The van der Waals surface area contributed by atoms with Crippen molar-refractivity contribution < 1.29 is 18.8 Å². The van der Waals surface area contributed by atoms with Crippen LogP contribution in [0, 0.1) is 11.7 Å². The van der Waals surface area contributed by atoms with E-state index >= 15 is 0 Å². The highest BCUT2D eigenvalue weighted by molar-refractivity contribution is 6.23. The third-order valence-electron chi connectivity index (χ3n) is 5.04. The molecule has 2 fully saturated rings. The molecule has 3 N–H and O–H groups in total. The molecular weight excluding hydrogens is 351 g/mol. The topological polar surface area (TPSA) is 105 Å². The summed E-state index contributed by atoms with van der Waals surface area (Å²) in [5.74, 6) is -2.76. The van der Waals surface area contributed by atoms with Crippen LogP contribution in [0.2, 0.25) is 0 Å². The summed E-state index contributed by atoms with van der Waals surface area (Å²) in [6.45, 7) is 0.0941. The van der Waals surface area contributed by atoms with Crippen LogP contribution < -0.4 is 11.1 Å². The first kappa shape index (κ1) is 19.2. The third kappa shape index (κ3) is 4.57. The van der Waals surface area contributed by atoms with Crippen molar-refractivity contribution in [3.05, 3.63) is 35.6 Å². The maximum atomic E-state index is 13.0. The Morgan fingerprint density at radius 1 is 1.19 bits per heavy atom. The maximum Gasteiger partial charge on any atom is 0.330 e. The lowest BCUT2D eigenvalue weighted by Gasteiger charge is -2.29. The van der Waals surface area contributed by atoms with Gasteiger partial charge in [-0.3, -0.25) is 24.8 Å². The second kappa shape index (κ2) is 8.39. The highest BCUT2D eigenvalue weighted by atomic mass is 19.1. The molecular formula is C19H23FN4O3. The van der Waals surface area contributed by atoms with Crippen molar-refractivity contribution in [3.63, 3.8) is 0 Å². The molecule has 8 heteroatoms. The van der Waals surface area contributed by atoms with Crippen LogP contribution >= 0.6 is 0 Å². The molecule has 1 saturated carbocycles. The summed E-state index contributed by atoms with van der Waals surface area (Å²) in [4.78, 5) is 42.1.